The van der Waals surface area contributed by atoms with Gasteiger partial charge in [0.15, 0.2) is 0 Å². The molecule has 0 radical (unpaired) electrons. The molecule has 1 aromatic carbocycles. The summed E-state index contributed by atoms with van der Waals surface area (Å²) in [6, 6.07) is 3.30. The minimum atomic E-state index is -0.383. The molecule has 0 unspecified atom stereocenters. The van der Waals surface area contributed by atoms with Crippen molar-refractivity contribution in [1.29, 1.82) is 0 Å². The van der Waals surface area contributed by atoms with Gasteiger partial charge in [0.05, 0.1) is 18.9 Å². The molecule has 15 heavy (non-hydrogen) atoms. The monoisotopic (exact) mass is 274 g/mol. The first-order valence-corrected chi connectivity index (χ1v) is 5.55. The zero-order valence-electron chi connectivity index (χ0n) is 8.17. The van der Waals surface area contributed by atoms with Crippen molar-refractivity contribution in [3.8, 4) is 0 Å². The van der Waals surface area contributed by atoms with Gasteiger partial charge in [-0.3, -0.25) is 0 Å². The lowest BCUT2D eigenvalue weighted by Gasteiger charge is -2.29. The molecule has 1 aliphatic heterocycles. The van der Waals surface area contributed by atoms with E-state index in [1.54, 1.807) is 0 Å². The number of ether oxygens (including phenoxy) is 1. The van der Waals surface area contributed by atoms with Gasteiger partial charge in [-0.05, 0) is 28.1 Å². The van der Waals surface area contributed by atoms with E-state index >= 15 is 0 Å². The Balaban J connectivity index is 2.27. The molecule has 0 aromatic heterocycles. The van der Waals surface area contributed by atoms with Gasteiger partial charge < -0.3 is 15.4 Å². The number of hydrogen-bond acceptors (Lipinski definition) is 3. The third kappa shape index (κ3) is 2.23. The standard InChI is InChI=1S/C10H12BrFN2O/c11-8-5-7(6-9(12)10(8)13)14-1-3-15-4-2-14/h5-6H,1-4,13H2. The lowest BCUT2D eigenvalue weighted by molar-refractivity contribution is 0.122. The summed E-state index contributed by atoms with van der Waals surface area (Å²) in [6.45, 7) is 2.94. The number of anilines is 2. The molecule has 1 aliphatic rings. The molecule has 0 saturated carbocycles. The van der Waals surface area contributed by atoms with Gasteiger partial charge in [-0.15, -0.1) is 0 Å². The van der Waals surface area contributed by atoms with Crippen LogP contribution >= 0.6 is 15.9 Å². The van der Waals surface area contributed by atoms with Gasteiger partial charge in [0.1, 0.15) is 5.82 Å². The van der Waals surface area contributed by atoms with Crippen LogP contribution in [0.5, 0.6) is 0 Å². The van der Waals surface area contributed by atoms with E-state index in [2.05, 4.69) is 20.8 Å². The quantitative estimate of drug-likeness (QED) is 0.797. The van der Waals surface area contributed by atoms with Crippen LogP contribution in [-0.2, 0) is 4.74 Å². The molecule has 0 amide bonds. The first-order valence-electron chi connectivity index (χ1n) is 4.75. The molecule has 3 nitrogen and oxygen atoms in total. The van der Waals surface area contributed by atoms with Crippen LogP contribution in [0.15, 0.2) is 16.6 Å². The molecule has 0 spiro atoms. The van der Waals surface area contributed by atoms with Crippen LogP contribution in [0, 0.1) is 5.82 Å². The van der Waals surface area contributed by atoms with Gasteiger partial charge in [-0.25, -0.2) is 4.39 Å². The van der Waals surface area contributed by atoms with Crippen molar-refractivity contribution >= 4 is 27.3 Å². The Morgan fingerprint density at radius 2 is 2.00 bits per heavy atom. The van der Waals surface area contributed by atoms with E-state index in [9.17, 15) is 4.39 Å². The summed E-state index contributed by atoms with van der Waals surface area (Å²) in [5.74, 6) is -0.383. The third-order valence-corrected chi connectivity index (χ3v) is 3.10. The Bertz CT molecular complexity index is 343. The van der Waals surface area contributed by atoms with Crippen LogP contribution in [-0.4, -0.2) is 26.3 Å². The zero-order chi connectivity index (χ0) is 10.8. The van der Waals surface area contributed by atoms with Gasteiger partial charge in [0, 0.05) is 23.2 Å². The highest BCUT2D eigenvalue weighted by atomic mass is 79.9. The molecule has 2 rings (SSSR count). The smallest absolute Gasteiger partial charge is 0.149 e. The predicted molar refractivity (Wildman–Crippen MR) is 61.5 cm³/mol. The molecule has 82 valence electrons. The van der Waals surface area contributed by atoms with Crippen molar-refractivity contribution < 1.29 is 9.13 Å². The number of benzene rings is 1. The van der Waals surface area contributed by atoms with E-state index in [-0.39, 0.29) is 11.5 Å². The molecular weight excluding hydrogens is 263 g/mol. The highest BCUT2D eigenvalue weighted by molar-refractivity contribution is 9.10. The van der Waals surface area contributed by atoms with Crippen LogP contribution in [0.25, 0.3) is 0 Å². The third-order valence-electron chi connectivity index (χ3n) is 2.44. The average molecular weight is 275 g/mol. The summed E-state index contributed by atoms with van der Waals surface area (Å²) in [5, 5.41) is 0. The Hall–Kier alpha value is -0.810. The lowest BCUT2D eigenvalue weighted by atomic mass is 10.2. The number of hydrogen-bond donors (Lipinski definition) is 1. The van der Waals surface area contributed by atoms with Gasteiger partial charge in [-0.1, -0.05) is 0 Å². The largest absolute Gasteiger partial charge is 0.395 e. The number of nitrogens with zero attached hydrogens (tertiary/aromatic N) is 1. The highest BCUT2D eigenvalue weighted by Crippen LogP contribution is 2.29. The molecule has 0 bridgehead atoms. The summed E-state index contributed by atoms with van der Waals surface area (Å²) in [4.78, 5) is 2.08. The maximum atomic E-state index is 13.4. The summed E-state index contributed by atoms with van der Waals surface area (Å²) in [7, 11) is 0. The summed E-state index contributed by atoms with van der Waals surface area (Å²) < 4.78 is 19.2. The fourth-order valence-electron chi connectivity index (χ4n) is 1.58. The van der Waals surface area contributed by atoms with Crippen molar-refractivity contribution in [3.63, 3.8) is 0 Å². The Labute approximate surface area is 96.1 Å². The molecule has 0 aliphatic carbocycles. The van der Waals surface area contributed by atoms with Crippen LogP contribution in [0.4, 0.5) is 15.8 Å². The second-order valence-corrected chi connectivity index (χ2v) is 4.28. The lowest BCUT2D eigenvalue weighted by Crippen LogP contribution is -2.36. The number of halogens is 2. The summed E-state index contributed by atoms with van der Waals surface area (Å²) in [6.07, 6.45) is 0. The molecule has 5 heteroatoms. The minimum Gasteiger partial charge on any atom is -0.395 e. The SMILES string of the molecule is Nc1c(F)cc(N2CCOCC2)cc1Br. The normalized spacial score (nSPS) is 16.8. The molecule has 2 N–H and O–H groups in total. The Morgan fingerprint density at radius 3 is 2.60 bits per heavy atom. The van der Waals surface area contributed by atoms with E-state index in [1.807, 2.05) is 6.07 Å². The van der Waals surface area contributed by atoms with Crippen LogP contribution in [0.3, 0.4) is 0 Å². The van der Waals surface area contributed by atoms with E-state index in [0.717, 1.165) is 18.8 Å². The van der Waals surface area contributed by atoms with E-state index in [0.29, 0.717) is 17.7 Å². The summed E-state index contributed by atoms with van der Waals surface area (Å²) in [5.41, 5.74) is 6.52. The molecule has 1 heterocycles. The van der Waals surface area contributed by atoms with Gasteiger partial charge in [-0.2, -0.15) is 0 Å². The topological polar surface area (TPSA) is 38.5 Å². The fraction of sp³-hybridized carbons (Fsp3) is 0.400. The molecular formula is C10H12BrFN2O. The first-order chi connectivity index (χ1) is 7.18. The number of morpholine rings is 1. The molecule has 1 aromatic rings. The van der Waals surface area contributed by atoms with Crippen molar-refractivity contribution in [2.75, 3.05) is 36.9 Å². The van der Waals surface area contributed by atoms with E-state index < -0.39 is 0 Å². The van der Waals surface area contributed by atoms with Crippen molar-refractivity contribution in [3.05, 3.63) is 22.4 Å². The van der Waals surface area contributed by atoms with Crippen molar-refractivity contribution in [2.24, 2.45) is 0 Å². The number of nitrogens with two attached hydrogens (primary N) is 1. The van der Waals surface area contributed by atoms with Crippen LogP contribution < -0.4 is 10.6 Å². The maximum absolute atomic E-state index is 13.4. The Kier molecular flexibility index (Phi) is 3.11. The van der Waals surface area contributed by atoms with Crippen LogP contribution in [0.2, 0.25) is 0 Å². The maximum Gasteiger partial charge on any atom is 0.149 e. The van der Waals surface area contributed by atoms with E-state index in [4.69, 9.17) is 10.5 Å². The van der Waals surface area contributed by atoms with Crippen molar-refractivity contribution in [2.45, 2.75) is 0 Å². The molecule has 1 saturated heterocycles. The second-order valence-electron chi connectivity index (χ2n) is 3.42. The van der Waals surface area contributed by atoms with Gasteiger partial charge >= 0.3 is 0 Å². The van der Waals surface area contributed by atoms with Crippen molar-refractivity contribution in [1.82, 2.24) is 0 Å². The number of rotatable bonds is 1. The first kappa shape index (κ1) is 10.7. The molecule has 0 atom stereocenters. The highest BCUT2D eigenvalue weighted by Gasteiger charge is 2.14. The predicted octanol–water partition coefficient (Wildman–Crippen LogP) is 2.01. The minimum absolute atomic E-state index is 0.159. The molecule has 1 fully saturated rings. The fourth-order valence-corrected chi connectivity index (χ4v) is 2.00. The van der Waals surface area contributed by atoms with Gasteiger partial charge in [0.25, 0.3) is 0 Å². The Morgan fingerprint density at radius 1 is 1.33 bits per heavy atom. The van der Waals surface area contributed by atoms with E-state index in [1.165, 1.54) is 6.07 Å². The zero-order valence-corrected chi connectivity index (χ0v) is 9.76. The average Bonchev–Trinajstić information content (AvgIpc) is 2.26. The summed E-state index contributed by atoms with van der Waals surface area (Å²) >= 11 is 3.24. The van der Waals surface area contributed by atoms with Gasteiger partial charge in [0.2, 0.25) is 0 Å². The van der Waals surface area contributed by atoms with Crippen LogP contribution in [0.1, 0.15) is 0 Å². The second kappa shape index (κ2) is 4.37. The number of nitrogen functional groups attached to an aromatic ring is 1.